The van der Waals surface area contributed by atoms with Crippen molar-refractivity contribution >= 4 is 49.8 Å². The summed E-state index contributed by atoms with van der Waals surface area (Å²) in [5.74, 6) is 0. The molecule has 57 heavy (non-hydrogen) atoms. The maximum absolute atomic E-state index is 6.33. The Balaban J connectivity index is 1.08. The first-order valence-corrected chi connectivity index (χ1v) is 19.8. The molecule has 0 bridgehead atoms. The molecule has 1 aromatic heterocycles. The van der Waals surface area contributed by atoms with E-state index in [0.29, 0.717) is 0 Å². The highest BCUT2D eigenvalue weighted by molar-refractivity contribution is 6.06. The maximum atomic E-state index is 6.33. The number of para-hydroxylation sites is 2. The lowest BCUT2D eigenvalue weighted by Crippen LogP contribution is -2.14. The quantitative estimate of drug-likeness (QED) is 0.169. The average molecular weight is 730 g/mol. The molecule has 11 rings (SSSR count). The van der Waals surface area contributed by atoms with Crippen LogP contribution in [0.25, 0.3) is 77.2 Å². The third-order valence-electron chi connectivity index (χ3n) is 12.1. The van der Waals surface area contributed by atoms with E-state index in [1.165, 1.54) is 55.3 Å². The minimum atomic E-state index is -0.0928. The zero-order valence-electron chi connectivity index (χ0n) is 31.9. The van der Waals surface area contributed by atoms with E-state index in [2.05, 4.69) is 207 Å². The fourth-order valence-corrected chi connectivity index (χ4v) is 9.20. The van der Waals surface area contributed by atoms with E-state index in [0.717, 1.165) is 50.1 Å². The van der Waals surface area contributed by atoms with Crippen molar-refractivity contribution in [3.05, 3.63) is 211 Å². The largest absolute Gasteiger partial charge is 0.456 e. The number of rotatable bonds is 6. The Bertz CT molecular complexity index is 3170. The summed E-state index contributed by atoms with van der Waals surface area (Å²) in [6.45, 7) is 4.70. The Morgan fingerprint density at radius 2 is 1.02 bits per heavy atom. The van der Waals surface area contributed by atoms with E-state index in [4.69, 9.17) is 4.42 Å². The van der Waals surface area contributed by atoms with Crippen molar-refractivity contribution in [1.82, 2.24) is 0 Å². The van der Waals surface area contributed by atoms with Crippen molar-refractivity contribution in [2.45, 2.75) is 19.3 Å². The predicted octanol–water partition coefficient (Wildman–Crippen LogP) is 15.5. The van der Waals surface area contributed by atoms with E-state index in [9.17, 15) is 0 Å². The van der Waals surface area contributed by atoms with E-state index < -0.39 is 0 Å². The van der Waals surface area contributed by atoms with E-state index in [1.807, 2.05) is 12.1 Å². The Morgan fingerprint density at radius 3 is 1.91 bits per heavy atom. The van der Waals surface area contributed by atoms with Gasteiger partial charge in [-0.25, -0.2) is 0 Å². The second-order valence-electron chi connectivity index (χ2n) is 15.7. The van der Waals surface area contributed by atoms with E-state index in [-0.39, 0.29) is 5.41 Å². The topological polar surface area (TPSA) is 16.4 Å². The van der Waals surface area contributed by atoms with Crippen molar-refractivity contribution in [1.29, 1.82) is 0 Å². The molecular weight excluding hydrogens is 691 g/mol. The van der Waals surface area contributed by atoms with Crippen molar-refractivity contribution in [2.24, 2.45) is 0 Å². The van der Waals surface area contributed by atoms with Gasteiger partial charge in [-0.15, -0.1) is 0 Å². The van der Waals surface area contributed by atoms with Gasteiger partial charge in [0.25, 0.3) is 0 Å². The number of hydrogen-bond donors (Lipinski definition) is 0. The molecule has 0 saturated heterocycles. The summed E-state index contributed by atoms with van der Waals surface area (Å²) < 4.78 is 6.33. The van der Waals surface area contributed by atoms with Gasteiger partial charge in [0.05, 0.1) is 5.69 Å². The molecule has 2 nitrogen and oxygen atoms in total. The summed E-state index contributed by atoms with van der Waals surface area (Å²) in [6.07, 6.45) is 0. The van der Waals surface area contributed by atoms with Crippen LogP contribution >= 0.6 is 0 Å². The van der Waals surface area contributed by atoms with Crippen LogP contribution in [0, 0.1) is 0 Å². The minimum Gasteiger partial charge on any atom is -0.456 e. The lowest BCUT2D eigenvalue weighted by Gasteiger charge is -2.29. The van der Waals surface area contributed by atoms with Gasteiger partial charge in [0.15, 0.2) is 0 Å². The molecule has 0 N–H and O–H groups in total. The molecule has 0 aliphatic heterocycles. The molecule has 0 saturated carbocycles. The molecule has 1 aliphatic rings. The standard InChI is InChI=1S/C55H39NO/c1-55(2)49-21-8-5-19-48(49)54-47(20-12-22-50(54)55)44-17-6-9-23-51(44)56(42-30-27-37(28-31-42)40-26-25-36-13-3-4-14-38(36)33-40)43-16-11-15-39(34-43)41-29-32-46-45-18-7-10-24-52(45)57-53(46)35-41/h3-35H,1-2H3. The van der Waals surface area contributed by atoms with Gasteiger partial charge in [0, 0.05) is 33.1 Å². The van der Waals surface area contributed by atoms with Crippen molar-refractivity contribution in [3.63, 3.8) is 0 Å². The van der Waals surface area contributed by atoms with Gasteiger partial charge in [-0.2, -0.15) is 0 Å². The molecule has 0 fully saturated rings. The Labute approximate surface area is 332 Å². The molecule has 0 spiro atoms. The zero-order valence-corrected chi connectivity index (χ0v) is 31.9. The molecule has 10 aromatic rings. The van der Waals surface area contributed by atoms with Crippen LogP contribution in [0.4, 0.5) is 17.1 Å². The number of hydrogen-bond acceptors (Lipinski definition) is 2. The van der Waals surface area contributed by atoms with Gasteiger partial charge in [0.2, 0.25) is 0 Å². The number of furan rings is 1. The molecular formula is C55H39NO. The number of fused-ring (bicyclic) bond motifs is 7. The monoisotopic (exact) mass is 729 g/mol. The summed E-state index contributed by atoms with van der Waals surface area (Å²) >= 11 is 0. The lowest BCUT2D eigenvalue weighted by molar-refractivity contribution is 0.660. The highest BCUT2D eigenvalue weighted by Crippen LogP contribution is 2.54. The smallest absolute Gasteiger partial charge is 0.136 e. The highest BCUT2D eigenvalue weighted by Gasteiger charge is 2.37. The fourth-order valence-electron chi connectivity index (χ4n) is 9.20. The minimum absolute atomic E-state index is 0.0928. The van der Waals surface area contributed by atoms with Gasteiger partial charge >= 0.3 is 0 Å². The first-order chi connectivity index (χ1) is 28.0. The first-order valence-electron chi connectivity index (χ1n) is 19.8. The maximum Gasteiger partial charge on any atom is 0.136 e. The first kappa shape index (κ1) is 33.2. The third kappa shape index (κ3) is 5.40. The number of anilines is 3. The Kier molecular flexibility index (Phi) is 7.55. The number of nitrogens with zero attached hydrogens (tertiary/aromatic N) is 1. The van der Waals surface area contributed by atoms with Gasteiger partial charge in [0.1, 0.15) is 11.2 Å². The van der Waals surface area contributed by atoms with Crippen LogP contribution in [-0.2, 0) is 5.41 Å². The lowest BCUT2D eigenvalue weighted by atomic mass is 9.82. The van der Waals surface area contributed by atoms with E-state index >= 15 is 0 Å². The van der Waals surface area contributed by atoms with Gasteiger partial charge in [-0.3, -0.25) is 0 Å². The van der Waals surface area contributed by atoms with Crippen molar-refractivity contribution in [2.75, 3.05) is 4.90 Å². The molecule has 0 atom stereocenters. The Morgan fingerprint density at radius 1 is 0.386 bits per heavy atom. The zero-order chi connectivity index (χ0) is 38.1. The van der Waals surface area contributed by atoms with Crippen LogP contribution < -0.4 is 4.90 Å². The molecule has 270 valence electrons. The van der Waals surface area contributed by atoms with Crippen LogP contribution in [0.3, 0.4) is 0 Å². The van der Waals surface area contributed by atoms with Crippen LogP contribution in [0.2, 0.25) is 0 Å². The fraction of sp³-hybridized carbons (Fsp3) is 0.0545. The molecule has 1 aliphatic carbocycles. The molecule has 9 aromatic carbocycles. The van der Waals surface area contributed by atoms with Crippen LogP contribution in [0.1, 0.15) is 25.0 Å². The summed E-state index contributed by atoms with van der Waals surface area (Å²) in [7, 11) is 0. The van der Waals surface area contributed by atoms with Gasteiger partial charge < -0.3 is 9.32 Å². The second-order valence-corrected chi connectivity index (χ2v) is 15.7. The average Bonchev–Trinajstić information content (AvgIpc) is 3.75. The van der Waals surface area contributed by atoms with Crippen LogP contribution in [0.5, 0.6) is 0 Å². The highest BCUT2D eigenvalue weighted by atomic mass is 16.3. The molecule has 0 amide bonds. The van der Waals surface area contributed by atoms with Crippen LogP contribution in [-0.4, -0.2) is 0 Å². The molecule has 0 radical (unpaired) electrons. The summed E-state index contributed by atoms with van der Waals surface area (Å²) in [5.41, 5.74) is 17.4. The summed E-state index contributed by atoms with van der Waals surface area (Å²) in [4.78, 5) is 2.42. The normalized spacial score (nSPS) is 12.9. The molecule has 2 heteroatoms. The van der Waals surface area contributed by atoms with E-state index in [1.54, 1.807) is 0 Å². The number of benzene rings is 9. The SMILES string of the molecule is CC1(C)c2ccccc2-c2c(-c3ccccc3N(c3ccc(-c4ccc5ccccc5c4)cc3)c3cccc(-c4ccc5c(c4)oc4ccccc45)c3)cccc21. The summed E-state index contributed by atoms with van der Waals surface area (Å²) in [5, 5.41) is 4.76. The van der Waals surface area contributed by atoms with Crippen LogP contribution in [0.15, 0.2) is 205 Å². The second kappa shape index (κ2) is 13.0. The molecule has 1 heterocycles. The molecule has 0 unspecified atom stereocenters. The third-order valence-corrected chi connectivity index (χ3v) is 12.1. The summed E-state index contributed by atoms with van der Waals surface area (Å²) in [6, 6.07) is 72.7. The van der Waals surface area contributed by atoms with Gasteiger partial charge in [-0.05, 0) is 115 Å². The Hall–Kier alpha value is -7.16. The van der Waals surface area contributed by atoms with Crippen molar-refractivity contribution < 1.29 is 4.42 Å². The van der Waals surface area contributed by atoms with Crippen molar-refractivity contribution in [3.8, 4) is 44.5 Å². The predicted molar refractivity (Wildman–Crippen MR) is 240 cm³/mol. The van der Waals surface area contributed by atoms with Gasteiger partial charge in [-0.1, -0.05) is 159 Å².